The lowest BCUT2D eigenvalue weighted by atomic mass is 10.0. The maximum Gasteiger partial charge on any atom is 0.255 e. The number of carbonyl (C=O) groups excluding carboxylic acids is 2. The van der Waals surface area contributed by atoms with E-state index in [0.717, 1.165) is 39.2 Å². The Labute approximate surface area is 190 Å². The third kappa shape index (κ3) is 4.67. The number of fused-ring (bicyclic) bond motifs is 1. The normalized spacial score (nSPS) is 14.7. The van der Waals surface area contributed by atoms with Crippen LogP contribution in [0.5, 0.6) is 0 Å². The van der Waals surface area contributed by atoms with Crippen LogP contribution in [-0.4, -0.2) is 51.9 Å². The Bertz CT molecular complexity index is 1190. The molecule has 1 aliphatic heterocycles. The average molecular weight is 454 g/mol. The number of hydrogen-bond acceptors (Lipinski definition) is 6. The predicted octanol–water partition coefficient (Wildman–Crippen LogP) is 3.21. The second-order valence-electron chi connectivity index (χ2n) is 8.37. The lowest BCUT2D eigenvalue weighted by Crippen LogP contribution is -2.46. The van der Waals surface area contributed by atoms with Crippen molar-refractivity contribution in [3.8, 4) is 10.4 Å². The van der Waals surface area contributed by atoms with Crippen molar-refractivity contribution < 1.29 is 9.59 Å². The number of aromatic amines is 1. The van der Waals surface area contributed by atoms with E-state index in [2.05, 4.69) is 20.6 Å². The van der Waals surface area contributed by atoms with E-state index in [-0.39, 0.29) is 29.5 Å². The van der Waals surface area contributed by atoms with Crippen LogP contribution in [0.25, 0.3) is 20.7 Å². The molecule has 1 aliphatic rings. The summed E-state index contributed by atoms with van der Waals surface area (Å²) in [5.74, 6) is -0.0933. The van der Waals surface area contributed by atoms with Crippen LogP contribution in [-0.2, 0) is 4.79 Å². The van der Waals surface area contributed by atoms with Gasteiger partial charge in [-0.2, -0.15) is 0 Å². The van der Waals surface area contributed by atoms with Crippen LogP contribution in [0.2, 0.25) is 0 Å². The molecule has 2 amide bonds. The van der Waals surface area contributed by atoms with Crippen LogP contribution < -0.4 is 16.2 Å². The molecule has 9 heteroatoms. The first-order valence-electron chi connectivity index (χ1n) is 10.8. The molecule has 0 aromatic carbocycles. The van der Waals surface area contributed by atoms with Crippen LogP contribution in [0.1, 0.15) is 44.0 Å². The number of H-pyrrole nitrogens is 1. The summed E-state index contributed by atoms with van der Waals surface area (Å²) in [6.07, 6.45) is 4.79. The number of piperidine rings is 1. The topological polar surface area (TPSA) is 107 Å². The summed E-state index contributed by atoms with van der Waals surface area (Å²) >= 11 is 1.51. The van der Waals surface area contributed by atoms with E-state index in [1.807, 2.05) is 24.8 Å². The number of nitrogens with zero attached hydrogens (tertiary/aromatic N) is 2. The summed E-state index contributed by atoms with van der Waals surface area (Å²) in [5, 5.41) is 7.43. The maximum absolute atomic E-state index is 13.2. The third-order valence-corrected chi connectivity index (χ3v) is 6.68. The van der Waals surface area contributed by atoms with Crippen molar-refractivity contribution in [1.29, 1.82) is 0 Å². The molecule has 168 valence electrons. The first-order chi connectivity index (χ1) is 15.3. The van der Waals surface area contributed by atoms with Crippen LogP contribution in [0, 0.1) is 0 Å². The van der Waals surface area contributed by atoms with Crippen molar-refractivity contribution in [1.82, 2.24) is 20.2 Å². The highest BCUT2D eigenvalue weighted by atomic mass is 32.1. The quantitative estimate of drug-likeness (QED) is 0.550. The number of rotatable bonds is 5. The molecule has 32 heavy (non-hydrogen) atoms. The van der Waals surface area contributed by atoms with Crippen LogP contribution in [0.4, 0.5) is 5.69 Å². The number of thiophene rings is 1. The van der Waals surface area contributed by atoms with Gasteiger partial charge in [-0.3, -0.25) is 14.4 Å². The Morgan fingerprint density at radius 3 is 2.62 bits per heavy atom. The zero-order valence-corrected chi connectivity index (χ0v) is 19.2. The highest BCUT2D eigenvalue weighted by Crippen LogP contribution is 2.37. The average Bonchev–Trinajstić information content (AvgIpc) is 3.19. The predicted molar refractivity (Wildman–Crippen MR) is 127 cm³/mol. The first kappa shape index (κ1) is 22.0. The molecule has 0 bridgehead atoms. The zero-order chi connectivity index (χ0) is 22.8. The first-order valence-corrected chi connectivity index (χ1v) is 11.6. The van der Waals surface area contributed by atoms with Gasteiger partial charge in [-0.05, 0) is 38.8 Å². The van der Waals surface area contributed by atoms with Gasteiger partial charge in [0.05, 0.1) is 11.3 Å². The molecular weight excluding hydrogens is 426 g/mol. The summed E-state index contributed by atoms with van der Waals surface area (Å²) < 4.78 is 0. The minimum Gasteiger partial charge on any atom is -0.382 e. The van der Waals surface area contributed by atoms with Crippen LogP contribution in [0.3, 0.4) is 0 Å². The van der Waals surface area contributed by atoms with E-state index in [1.165, 1.54) is 17.4 Å². The number of nitrogens with one attached hydrogen (secondary N) is 3. The molecule has 3 N–H and O–H groups in total. The molecule has 8 nitrogen and oxygen atoms in total. The molecule has 1 saturated heterocycles. The van der Waals surface area contributed by atoms with Crippen LogP contribution in [0.15, 0.2) is 35.4 Å². The standard InChI is InChI=1S/C23H27N5O3S/c1-13(2)26-21-17-10-19(15-4-5-20(30)24-11-15)32-23(17)25-12-18(21)22(31)27-16-6-8-28(9-7-16)14(3)29/h4-5,10-13,16H,6-9H2,1-3H3,(H,24,30)(H,25,26)(H,27,31). The lowest BCUT2D eigenvalue weighted by molar-refractivity contribution is -0.129. The van der Waals surface area contributed by atoms with Gasteiger partial charge in [0.2, 0.25) is 11.5 Å². The summed E-state index contributed by atoms with van der Waals surface area (Å²) in [7, 11) is 0. The number of amides is 2. The summed E-state index contributed by atoms with van der Waals surface area (Å²) in [6, 6.07) is 5.44. The van der Waals surface area contributed by atoms with E-state index in [1.54, 1.807) is 25.4 Å². The fourth-order valence-corrected chi connectivity index (χ4v) is 4.92. The third-order valence-electron chi connectivity index (χ3n) is 5.58. The number of anilines is 1. The van der Waals surface area contributed by atoms with Crippen molar-refractivity contribution in [2.75, 3.05) is 18.4 Å². The lowest BCUT2D eigenvalue weighted by Gasteiger charge is -2.31. The van der Waals surface area contributed by atoms with Gasteiger partial charge in [-0.15, -0.1) is 11.3 Å². The Hall–Kier alpha value is -3.20. The fourth-order valence-electron chi connectivity index (χ4n) is 3.91. The number of hydrogen-bond donors (Lipinski definition) is 3. The van der Waals surface area contributed by atoms with Gasteiger partial charge in [-0.1, -0.05) is 0 Å². The van der Waals surface area contributed by atoms with Crippen molar-refractivity contribution in [3.05, 3.63) is 46.5 Å². The maximum atomic E-state index is 13.2. The Morgan fingerprint density at radius 2 is 2.00 bits per heavy atom. The Balaban J connectivity index is 1.63. The highest BCUT2D eigenvalue weighted by Gasteiger charge is 2.25. The minimum absolute atomic E-state index is 0.0277. The van der Waals surface area contributed by atoms with Crippen LogP contribution >= 0.6 is 11.3 Å². The minimum atomic E-state index is -0.166. The van der Waals surface area contributed by atoms with Gasteiger partial charge in [-0.25, -0.2) is 4.98 Å². The van der Waals surface area contributed by atoms with Gasteiger partial charge < -0.3 is 20.5 Å². The Kier molecular flexibility index (Phi) is 6.27. The Morgan fingerprint density at radius 1 is 1.25 bits per heavy atom. The number of carbonyl (C=O) groups is 2. The highest BCUT2D eigenvalue weighted by molar-refractivity contribution is 7.21. The van der Waals surface area contributed by atoms with E-state index in [0.29, 0.717) is 18.7 Å². The summed E-state index contributed by atoms with van der Waals surface area (Å²) in [6.45, 7) is 6.94. The molecule has 4 heterocycles. The molecule has 0 radical (unpaired) electrons. The van der Waals surface area contributed by atoms with Gasteiger partial charge in [0, 0.05) is 66.4 Å². The van der Waals surface area contributed by atoms with Gasteiger partial charge in [0.25, 0.3) is 5.91 Å². The molecule has 1 fully saturated rings. The molecule has 0 saturated carbocycles. The van der Waals surface area contributed by atoms with Crippen molar-refractivity contribution >= 4 is 39.1 Å². The van der Waals surface area contributed by atoms with E-state index in [4.69, 9.17) is 0 Å². The molecule has 0 spiro atoms. The summed E-state index contributed by atoms with van der Waals surface area (Å²) in [5.41, 5.74) is 2.01. The van der Waals surface area contributed by atoms with E-state index in [9.17, 15) is 14.4 Å². The van der Waals surface area contributed by atoms with Gasteiger partial charge >= 0.3 is 0 Å². The molecule has 0 unspecified atom stereocenters. The second kappa shape index (κ2) is 9.12. The van der Waals surface area contributed by atoms with Crippen molar-refractivity contribution in [2.45, 2.75) is 45.7 Å². The van der Waals surface area contributed by atoms with Gasteiger partial charge in [0.15, 0.2) is 0 Å². The molecule has 4 rings (SSSR count). The smallest absolute Gasteiger partial charge is 0.255 e. The number of likely N-dealkylation sites (tertiary alicyclic amines) is 1. The van der Waals surface area contributed by atoms with Gasteiger partial charge in [0.1, 0.15) is 4.83 Å². The number of pyridine rings is 2. The molecule has 0 aliphatic carbocycles. The molecule has 3 aromatic rings. The molecular formula is C23H27N5O3S. The monoisotopic (exact) mass is 453 g/mol. The van der Waals surface area contributed by atoms with E-state index < -0.39 is 0 Å². The number of aromatic nitrogens is 2. The van der Waals surface area contributed by atoms with E-state index >= 15 is 0 Å². The largest absolute Gasteiger partial charge is 0.382 e. The van der Waals surface area contributed by atoms with Crippen molar-refractivity contribution in [2.24, 2.45) is 0 Å². The zero-order valence-electron chi connectivity index (χ0n) is 18.4. The SMILES string of the molecule is CC(=O)N1CCC(NC(=O)c2cnc3sc(-c4ccc(=O)[nH]c4)cc3c2NC(C)C)CC1. The van der Waals surface area contributed by atoms with Crippen molar-refractivity contribution in [3.63, 3.8) is 0 Å². The fraction of sp³-hybridized carbons (Fsp3) is 0.391. The second-order valence-corrected chi connectivity index (χ2v) is 9.40. The summed E-state index contributed by atoms with van der Waals surface area (Å²) in [4.78, 5) is 47.0. The molecule has 3 aromatic heterocycles. The molecule has 0 atom stereocenters.